The average molecular weight is 366 g/mol. The molecule has 0 bridgehead atoms. The van der Waals surface area contributed by atoms with Crippen molar-refractivity contribution in [3.05, 3.63) is 107 Å². The first-order chi connectivity index (χ1) is 13.8. The molecule has 1 N–H and O–H groups in total. The highest BCUT2D eigenvalue weighted by atomic mass is 16.1. The van der Waals surface area contributed by atoms with Gasteiger partial charge in [-0.05, 0) is 23.6 Å². The van der Waals surface area contributed by atoms with E-state index in [1.807, 2.05) is 36.4 Å². The number of aromatic nitrogens is 1. The van der Waals surface area contributed by atoms with Crippen LogP contribution in [0.2, 0.25) is 0 Å². The highest BCUT2D eigenvalue weighted by Crippen LogP contribution is 2.38. The third-order valence-corrected chi connectivity index (χ3v) is 5.69. The zero-order valence-corrected chi connectivity index (χ0v) is 15.6. The lowest BCUT2D eigenvalue weighted by molar-refractivity contribution is 0.0899. The van der Waals surface area contributed by atoms with Crippen LogP contribution in [0, 0.1) is 0 Å². The highest BCUT2D eigenvalue weighted by molar-refractivity contribution is 5.97. The summed E-state index contributed by atoms with van der Waals surface area (Å²) in [4.78, 5) is 18.9. The van der Waals surface area contributed by atoms with Gasteiger partial charge in [-0.25, -0.2) is 0 Å². The first-order valence-corrected chi connectivity index (χ1v) is 9.78. The molecule has 0 saturated heterocycles. The number of nitrogens with one attached hydrogen (secondary N) is 1. The molecule has 138 valence electrons. The van der Waals surface area contributed by atoms with Gasteiger partial charge in [0.25, 0.3) is 0 Å². The fourth-order valence-corrected chi connectivity index (χ4v) is 4.37. The van der Waals surface area contributed by atoms with Crippen LogP contribution in [0.1, 0.15) is 33.2 Å². The smallest absolute Gasteiger partial charge is 0.176 e. The fraction of sp³-hybridized carbons (Fsp3) is 0.160. The van der Waals surface area contributed by atoms with Gasteiger partial charge in [0.2, 0.25) is 0 Å². The monoisotopic (exact) mass is 366 g/mol. The normalized spacial score (nSPS) is 16.8. The van der Waals surface area contributed by atoms with Crippen molar-refractivity contribution in [2.24, 2.45) is 0 Å². The molecule has 28 heavy (non-hydrogen) atoms. The number of para-hydroxylation sites is 1. The Morgan fingerprint density at radius 1 is 0.893 bits per heavy atom. The maximum absolute atomic E-state index is 12.9. The van der Waals surface area contributed by atoms with Crippen LogP contribution in [0.15, 0.2) is 84.9 Å². The molecule has 3 heteroatoms. The van der Waals surface area contributed by atoms with Crippen molar-refractivity contribution < 1.29 is 4.79 Å². The number of benzene rings is 3. The second-order valence-corrected chi connectivity index (χ2v) is 7.39. The van der Waals surface area contributed by atoms with Gasteiger partial charge in [0.1, 0.15) is 0 Å². The van der Waals surface area contributed by atoms with Crippen LogP contribution in [-0.4, -0.2) is 28.8 Å². The SMILES string of the molecule is O=C(CN1CCc2c([nH]c3ccccc23)C1c1ccccc1)c1ccccc1. The van der Waals surface area contributed by atoms with Crippen LogP contribution in [-0.2, 0) is 6.42 Å². The van der Waals surface area contributed by atoms with Crippen molar-refractivity contribution in [2.75, 3.05) is 13.1 Å². The molecular weight excluding hydrogens is 344 g/mol. The molecule has 1 unspecified atom stereocenters. The number of fused-ring (bicyclic) bond motifs is 3. The molecule has 0 spiro atoms. The summed E-state index contributed by atoms with van der Waals surface area (Å²) in [5, 5.41) is 1.30. The Labute approximate surface area is 164 Å². The van der Waals surface area contributed by atoms with Gasteiger partial charge in [-0.15, -0.1) is 0 Å². The van der Waals surface area contributed by atoms with E-state index in [-0.39, 0.29) is 11.8 Å². The van der Waals surface area contributed by atoms with Gasteiger partial charge < -0.3 is 4.98 Å². The van der Waals surface area contributed by atoms with E-state index >= 15 is 0 Å². The summed E-state index contributed by atoms with van der Waals surface area (Å²) in [6.07, 6.45) is 0.949. The summed E-state index contributed by atoms with van der Waals surface area (Å²) in [6.45, 7) is 1.28. The zero-order valence-electron chi connectivity index (χ0n) is 15.6. The lowest BCUT2D eigenvalue weighted by atomic mass is 9.92. The number of rotatable bonds is 4. The Kier molecular flexibility index (Phi) is 4.30. The maximum atomic E-state index is 12.9. The summed E-state index contributed by atoms with van der Waals surface area (Å²) in [5.41, 5.74) is 5.77. The van der Waals surface area contributed by atoms with Crippen molar-refractivity contribution >= 4 is 16.7 Å². The van der Waals surface area contributed by atoms with Gasteiger partial charge in [-0.3, -0.25) is 9.69 Å². The minimum Gasteiger partial charge on any atom is -0.357 e. The Morgan fingerprint density at radius 3 is 2.36 bits per heavy atom. The van der Waals surface area contributed by atoms with Crippen molar-refractivity contribution in [1.29, 1.82) is 0 Å². The number of carbonyl (C=O) groups is 1. The third-order valence-electron chi connectivity index (χ3n) is 5.69. The van der Waals surface area contributed by atoms with E-state index < -0.39 is 0 Å². The number of nitrogens with zero attached hydrogens (tertiary/aromatic N) is 1. The number of hydrogen-bond acceptors (Lipinski definition) is 2. The number of H-pyrrole nitrogens is 1. The molecule has 5 rings (SSSR count). The molecule has 3 aromatic carbocycles. The van der Waals surface area contributed by atoms with Gasteiger partial charge in [0, 0.05) is 28.7 Å². The number of aromatic amines is 1. The van der Waals surface area contributed by atoms with E-state index in [0.29, 0.717) is 6.54 Å². The Bertz CT molecular complexity index is 1120. The second-order valence-electron chi connectivity index (χ2n) is 7.39. The average Bonchev–Trinajstić information content (AvgIpc) is 3.13. The minimum absolute atomic E-state index is 0.0602. The molecular formula is C25H22N2O. The van der Waals surface area contributed by atoms with Crippen LogP contribution < -0.4 is 0 Å². The van der Waals surface area contributed by atoms with E-state index in [9.17, 15) is 4.79 Å². The summed E-state index contributed by atoms with van der Waals surface area (Å²) in [7, 11) is 0. The number of ketones is 1. The third kappa shape index (κ3) is 2.94. The molecule has 1 aliphatic heterocycles. The lowest BCUT2D eigenvalue weighted by Gasteiger charge is -2.35. The molecule has 3 nitrogen and oxygen atoms in total. The summed E-state index contributed by atoms with van der Waals surface area (Å²) in [6, 6.07) is 28.6. The highest BCUT2D eigenvalue weighted by Gasteiger charge is 2.32. The van der Waals surface area contributed by atoms with Crippen molar-refractivity contribution in [3.8, 4) is 0 Å². The fourth-order valence-electron chi connectivity index (χ4n) is 4.37. The molecule has 1 aliphatic rings. The van der Waals surface area contributed by atoms with Crippen molar-refractivity contribution in [2.45, 2.75) is 12.5 Å². The van der Waals surface area contributed by atoms with Crippen LogP contribution in [0.5, 0.6) is 0 Å². The quantitative estimate of drug-likeness (QED) is 0.516. The molecule has 0 saturated carbocycles. The zero-order chi connectivity index (χ0) is 18.9. The van der Waals surface area contributed by atoms with Gasteiger partial charge >= 0.3 is 0 Å². The molecule has 4 aromatic rings. The van der Waals surface area contributed by atoms with E-state index in [1.54, 1.807) is 0 Å². The first-order valence-electron chi connectivity index (χ1n) is 9.78. The molecule has 2 heterocycles. The van der Waals surface area contributed by atoms with E-state index in [0.717, 1.165) is 18.5 Å². The Balaban J connectivity index is 1.57. The number of Topliss-reactive ketones (excluding diaryl/α,β-unsaturated/α-hetero) is 1. The maximum Gasteiger partial charge on any atom is 0.176 e. The van der Waals surface area contributed by atoms with Crippen LogP contribution >= 0.6 is 0 Å². The van der Waals surface area contributed by atoms with Gasteiger partial charge in [0.05, 0.1) is 12.6 Å². The number of hydrogen-bond donors (Lipinski definition) is 1. The predicted molar refractivity (Wildman–Crippen MR) is 113 cm³/mol. The Hall–Kier alpha value is -3.17. The van der Waals surface area contributed by atoms with Crippen LogP contribution in [0.3, 0.4) is 0 Å². The topological polar surface area (TPSA) is 36.1 Å². The molecule has 0 amide bonds. The van der Waals surface area contributed by atoms with Gasteiger partial charge in [0.15, 0.2) is 5.78 Å². The van der Waals surface area contributed by atoms with E-state index in [4.69, 9.17) is 0 Å². The molecule has 1 aromatic heterocycles. The molecule has 1 atom stereocenters. The number of carbonyl (C=O) groups excluding carboxylic acids is 1. The van der Waals surface area contributed by atoms with Crippen LogP contribution in [0.25, 0.3) is 10.9 Å². The van der Waals surface area contributed by atoms with Crippen LogP contribution in [0.4, 0.5) is 0 Å². The first kappa shape index (κ1) is 17.0. The summed E-state index contributed by atoms with van der Waals surface area (Å²) < 4.78 is 0. The Morgan fingerprint density at radius 2 is 1.57 bits per heavy atom. The molecule has 0 aliphatic carbocycles. The van der Waals surface area contributed by atoms with E-state index in [2.05, 4.69) is 58.4 Å². The summed E-state index contributed by atoms with van der Waals surface area (Å²) >= 11 is 0. The standard InChI is InChI=1S/C25H22N2O/c28-23(18-9-3-1-4-10-18)17-27-16-15-21-20-13-7-8-14-22(20)26-24(21)25(27)19-11-5-2-6-12-19/h1-14,25-26H,15-17H2. The largest absolute Gasteiger partial charge is 0.357 e. The molecule has 0 fully saturated rings. The van der Waals surface area contributed by atoms with E-state index in [1.165, 1.54) is 27.7 Å². The predicted octanol–water partition coefficient (Wildman–Crippen LogP) is 5.00. The second kappa shape index (κ2) is 7.10. The van der Waals surface area contributed by atoms with Crippen molar-refractivity contribution in [1.82, 2.24) is 9.88 Å². The van der Waals surface area contributed by atoms with Gasteiger partial charge in [-0.1, -0.05) is 78.9 Å². The summed E-state index contributed by atoms with van der Waals surface area (Å²) in [5.74, 6) is 0.168. The molecule has 0 radical (unpaired) electrons. The lowest BCUT2D eigenvalue weighted by Crippen LogP contribution is -2.39. The minimum atomic E-state index is 0.0602. The van der Waals surface area contributed by atoms with Gasteiger partial charge in [-0.2, -0.15) is 0 Å². The van der Waals surface area contributed by atoms with Crippen molar-refractivity contribution in [3.63, 3.8) is 0 Å².